The van der Waals surface area contributed by atoms with Crippen molar-refractivity contribution in [3.63, 3.8) is 0 Å². The van der Waals surface area contributed by atoms with Gasteiger partial charge in [0, 0.05) is 31.5 Å². The van der Waals surface area contributed by atoms with Gasteiger partial charge >= 0.3 is 0 Å². The van der Waals surface area contributed by atoms with Crippen LogP contribution in [0.15, 0.2) is 48.5 Å². The topological polar surface area (TPSA) is 29.5 Å². The van der Waals surface area contributed by atoms with Gasteiger partial charge in [-0.3, -0.25) is 4.79 Å². The molecular formula is C20H20FNO2. The van der Waals surface area contributed by atoms with E-state index < -0.39 is 0 Å². The molecule has 1 spiro atoms. The van der Waals surface area contributed by atoms with E-state index in [0.29, 0.717) is 18.7 Å². The number of piperidine rings is 1. The molecule has 2 aromatic carbocycles. The molecule has 1 fully saturated rings. The summed E-state index contributed by atoms with van der Waals surface area (Å²) in [5.41, 5.74) is 1.67. The van der Waals surface area contributed by atoms with E-state index >= 15 is 0 Å². The Kier molecular flexibility index (Phi) is 3.75. The van der Waals surface area contributed by atoms with Crippen LogP contribution in [0.2, 0.25) is 0 Å². The average molecular weight is 325 g/mol. The van der Waals surface area contributed by atoms with Gasteiger partial charge in [-0.2, -0.15) is 0 Å². The number of benzene rings is 2. The first-order valence-electron chi connectivity index (χ1n) is 8.47. The minimum atomic E-state index is -0.321. The Balaban J connectivity index is 1.44. The van der Waals surface area contributed by atoms with Crippen LogP contribution in [-0.2, 0) is 6.42 Å². The molecule has 2 aliphatic heterocycles. The molecule has 2 aromatic rings. The quantitative estimate of drug-likeness (QED) is 0.797. The van der Waals surface area contributed by atoms with Gasteiger partial charge in [0.2, 0.25) is 0 Å². The number of nitrogens with zero attached hydrogens (tertiary/aromatic N) is 1. The molecular weight excluding hydrogens is 305 g/mol. The van der Waals surface area contributed by atoms with Crippen molar-refractivity contribution >= 4 is 5.91 Å². The highest BCUT2D eigenvalue weighted by molar-refractivity contribution is 5.94. The van der Waals surface area contributed by atoms with E-state index in [2.05, 4.69) is 6.07 Å². The Hall–Kier alpha value is -2.36. The van der Waals surface area contributed by atoms with Crippen molar-refractivity contribution in [1.82, 2.24) is 4.90 Å². The zero-order chi connectivity index (χ0) is 16.6. The van der Waals surface area contributed by atoms with Gasteiger partial charge in [0.25, 0.3) is 5.91 Å². The number of carbonyl (C=O) groups is 1. The second kappa shape index (κ2) is 5.93. The lowest BCUT2D eigenvalue weighted by molar-refractivity contribution is -0.0106. The predicted molar refractivity (Wildman–Crippen MR) is 89.7 cm³/mol. The molecule has 4 rings (SSSR count). The second-order valence-electron chi connectivity index (χ2n) is 6.69. The predicted octanol–water partition coefficient (Wildman–Crippen LogP) is 3.83. The Labute approximate surface area is 141 Å². The molecule has 1 saturated heterocycles. The van der Waals surface area contributed by atoms with Crippen molar-refractivity contribution < 1.29 is 13.9 Å². The van der Waals surface area contributed by atoms with Gasteiger partial charge in [-0.25, -0.2) is 4.39 Å². The molecule has 3 nitrogen and oxygen atoms in total. The number of likely N-dealkylation sites (tertiary alicyclic amines) is 1. The Morgan fingerprint density at radius 2 is 1.71 bits per heavy atom. The summed E-state index contributed by atoms with van der Waals surface area (Å²) in [7, 11) is 0. The molecule has 24 heavy (non-hydrogen) atoms. The third-order valence-corrected chi connectivity index (χ3v) is 5.20. The van der Waals surface area contributed by atoms with Gasteiger partial charge in [-0.1, -0.05) is 18.2 Å². The molecule has 0 bridgehead atoms. The zero-order valence-corrected chi connectivity index (χ0v) is 13.5. The minimum absolute atomic E-state index is 0.0268. The molecule has 0 aliphatic carbocycles. The summed E-state index contributed by atoms with van der Waals surface area (Å²) in [5, 5.41) is 0. The van der Waals surface area contributed by atoms with E-state index in [0.717, 1.165) is 31.4 Å². The van der Waals surface area contributed by atoms with E-state index in [9.17, 15) is 9.18 Å². The third-order valence-electron chi connectivity index (χ3n) is 5.20. The summed E-state index contributed by atoms with van der Waals surface area (Å²) in [6.07, 6.45) is 3.72. The monoisotopic (exact) mass is 325 g/mol. The zero-order valence-electron chi connectivity index (χ0n) is 13.5. The number of carbonyl (C=O) groups excluding carboxylic acids is 1. The van der Waals surface area contributed by atoms with Crippen molar-refractivity contribution in [1.29, 1.82) is 0 Å². The molecule has 1 amide bonds. The normalized spacial score (nSPS) is 18.8. The number of amides is 1. The molecule has 0 saturated carbocycles. The van der Waals surface area contributed by atoms with Crippen LogP contribution in [0.3, 0.4) is 0 Å². The van der Waals surface area contributed by atoms with Crippen molar-refractivity contribution in [3.8, 4) is 5.75 Å². The largest absolute Gasteiger partial charge is 0.487 e. The fourth-order valence-electron chi connectivity index (χ4n) is 3.70. The molecule has 0 unspecified atom stereocenters. The summed E-state index contributed by atoms with van der Waals surface area (Å²) in [6.45, 7) is 1.36. The number of fused-ring (bicyclic) bond motifs is 1. The standard InChI is InChI=1S/C20H20FNO2/c21-17-7-5-16(6-8-17)19(23)22-13-11-20(12-14-22)10-9-15-3-1-2-4-18(15)24-20/h1-8H,9-14H2. The first-order chi connectivity index (χ1) is 11.7. The van der Waals surface area contributed by atoms with Crippen LogP contribution in [0.5, 0.6) is 5.75 Å². The second-order valence-corrected chi connectivity index (χ2v) is 6.69. The van der Waals surface area contributed by atoms with Crippen molar-refractivity contribution in [2.75, 3.05) is 13.1 Å². The number of para-hydroxylation sites is 1. The van der Waals surface area contributed by atoms with Crippen LogP contribution in [0.1, 0.15) is 35.2 Å². The highest BCUT2D eigenvalue weighted by Crippen LogP contribution is 2.39. The van der Waals surface area contributed by atoms with Gasteiger partial charge < -0.3 is 9.64 Å². The number of halogens is 1. The van der Waals surface area contributed by atoms with E-state index in [-0.39, 0.29) is 17.3 Å². The number of hydrogen-bond donors (Lipinski definition) is 0. The lowest BCUT2D eigenvalue weighted by Crippen LogP contribution is -2.51. The Bertz CT molecular complexity index is 748. The highest BCUT2D eigenvalue weighted by atomic mass is 19.1. The highest BCUT2D eigenvalue weighted by Gasteiger charge is 2.40. The first kappa shape index (κ1) is 15.2. The maximum atomic E-state index is 13.0. The van der Waals surface area contributed by atoms with Gasteiger partial charge in [0.1, 0.15) is 17.2 Å². The van der Waals surface area contributed by atoms with Crippen LogP contribution in [0.25, 0.3) is 0 Å². The SMILES string of the molecule is O=C(c1ccc(F)cc1)N1CCC2(CCc3ccccc3O2)CC1. The van der Waals surface area contributed by atoms with Gasteiger partial charge in [-0.15, -0.1) is 0 Å². The smallest absolute Gasteiger partial charge is 0.253 e. The first-order valence-corrected chi connectivity index (χ1v) is 8.47. The maximum Gasteiger partial charge on any atom is 0.253 e. The molecule has 124 valence electrons. The summed E-state index contributed by atoms with van der Waals surface area (Å²) in [4.78, 5) is 14.4. The van der Waals surface area contributed by atoms with Crippen LogP contribution in [0.4, 0.5) is 4.39 Å². The van der Waals surface area contributed by atoms with E-state index in [1.54, 1.807) is 12.1 Å². The van der Waals surface area contributed by atoms with Gasteiger partial charge in [0.15, 0.2) is 0 Å². The van der Waals surface area contributed by atoms with Crippen LogP contribution >= 0.6 is 0 Å². The van der Waals surface area contributed by atoms with Crippen LogP contribution < -0.4 is 4.74 Å². The third kappa shape index (κ3) is 2.77. The van der Waals surface area contributed by atoms with Crippen molar-refractivity contribution in [3.05, 3.63) is 65.5 Å². The number of aryl methyl sites for hydroxylation is 1. The average Bonchev–Trinajstić information content (AvgIpc) is 2.62. The molecule has 0 aromatic heterocycles. The van der Waals surface area contributed by atoms with Gasteiger partial charge in [-0.05, 0) is 48.7 Å². The van der Waals surface area contributed by atoms with Crippen LogP contribution in [-0.4, -0.2) is 29.5 Å². The molecule has 2 heterocycles. The minimum Gasteiger partial charge on any atom is -0.487 e. The molecule has 0 atom stereocenters. The van der Waals surface area contributed by atoms with Crippen molar-refractivity contribution in [2.45, 2.75) is 31.3 Å². The molecule has 2 aliphatic rings. The maximum absolute atomic E-state index is 13.0. The Morgan fingerprint density at radius 3 is 2.46 bits per heavy atom. The number of rotatable bonds is 1. The molecule has 0 N–H and O–H groups in total. The lowest BCUT2D eigenvalue weighted by Gasteiger charge is -2.44. The molecule has 0 radical (unpaired) electrons. The number of ether oxygens (including phenoxy) is 1. The number of hydrogen-bond acceptors (Lipinski definition) is 2. The van der Waals surface area contributed by atoms with Gasteiger partial charge in [0.05, 0.1) is 0 Å². The van der Waals surface area contributed by atoms with E-state index in [1.165, 1.54) is 17.7 Å². The van der Waals surface area contributed by atoms with E-state index in [4.69, 9.17) is 4.74 Å². The summed E-state index contributed by atoms with van der Waals surface area (Å²) in [5.74, 6) is 0.640. The lowest BCUT2D eigenvalue weighted by atomic mass is 9.83. The van der Waals surface area contributed by atoms with Crippen LogP contribution in [0, 0.1) is 5.82 Å². The fourth-order valence-corrected chi connectivity index (χ4v) is 3.70. The van der Waals surface area contributed by atoms with E-state index in [1.807, 2.05) is 23.1 Å². The van der Waals surface area contributed by atoms with Crippen molar-refractivity contribution in [2.24, 2.45) is 0 Å². The summed E-state index contributed by atoms with van der Waals surface area (Å²) in [6, 6.07) is 14.0. The Morgan fingerprint density at radius 1 is 1.00 bits per heavy atom. The summed E-state index contributed by atoms with van der Waals surface area (Å²) >= 11 is 0. The molecule has 4 heteroatoms. The fraction of sp³-hybridized carbons (Fsp3) is 0.350. The summed E-state index contributed by atoms with van der Waals surface area (Å²) < 4.78 is 19.3.